The van der Waals surface area contributed by atoms with Crippen molar-refractivity contribution < 1.29 is 4.79 Å². The highest BCUT2D eigenvalue weighted by Crippen LogP contribution is 2.31. The SMILES string of the molecule is Cc1ccc(NC(=O)NC[C@@H](c2cccnc2)c2cn(C)c3ccccc23)c(C)c1. The topological polar surface area (TPSA) is 59.0 Å². The Kier molecular flexibility index (Phi) is 5.53. The van der Waals surface area contributed by atoms with E-state index in [1.165, 1.54) is 22.0 Å². The molecule has 0 saturated heterocycles. The second kappa shape index (κ2) is 8.41. The number of carbonyl (C=O) groups is 1. The third kappa shape index (κ3) is 4.06. The molecule has 5 nitrogen and oxygen atoms in total. The molecule has 0 bridgehead atoms. The predicted molar refractivity (Wildman–Crippen MR) is 122 cm³/mol. The van der Waals surface area contributed by atoms with Crippen LogP contribution in [0.3, 0.4) is 0 Å². The molecule has 30 heavy (non-hydrogen) atoms. The van der Waals surface area contributed by atoms with Crippen LogP contribution in [-0.2, 0) is 7.05 Å². The lowest BCUT2D eigenvalue weighted by Crippen LogP contribution is -2.33. The summed E-state index contributed by atoms with van der Waals surface area (Å²) >= 11 is 0. The first-order chi connectivity index (χ1) is 14.5. The molecule has 0 unspecified atom stereocenters. The van der Waals surface area contributed by atoms with Crippen LogP contribution in [0.5, 0.6) is 0 Å². The summed E-state index contributed by atoms with van der Waals surface area (Å²) in [6.45, 7) is 4.51. The number of pyridine rings is 1. The lowest BCUT2D eigenvalue weighted by atomic mass is 9.92. The summed E-state index contributed by atoms with van der Waals surface area (Å²) in [7, 11) is 2.05. The van der Waals surface area contributed by atoms with Gasteiger partial charge in [0, 0.05) is 54.7 Å². The van der Waals surface area contributed by atoms with Crippen LogP contribution in [0.1, 0.15) is 28.2 Å². The average molecular weight is 399 g/mol. The summed E-state index contributed by atoms with van der Waals surface area (Å²) in [5.74, 6) is -0.00494. The number of carbonyl (C=O) groups excluding carboxylic acids is 1. The highest BCUT2D eigenvalue weighted by atomic mass is 16.2. The van der Waals surface area contributed by atoms with Crippen molar-refractivity contribution in [2.75, 3.05) is 11.9 Å². The van der Waals surface area contributed by atoms with E-state index in [0.717, 1.165) is 16.8 Å². The van der Waals surface area contributed by atoms with Crippen LogP contribution in [0, 0.1) is 13.8 Å². The van der Waals surface area contributed by atoms with Gasteiger partial charge in [0.2, 0.25) is 0 Å². The molecule has 4 rings (SSSR count). The zero-order valence-electron chi connectivity index (χ0n) is 17.5. The lowest BCUT2D eigenvalue weighted by molar-refractivity contribution is 0.252. The maximum Gasteiger partial charge on any atom is 0.319 e. The summed E-state index contributed by atoms with van der Waals surface area (Å²) in [4.78, 5) is 16.9. The monoisotopic (exact) mass is 398 g/mol. The Morgan fingerprint density at radius 2 is 1.93 bits per heavy atom. The summed E-state index contributed by atoms with van der Waals surface area (Å²) in [6, 6.07) is 18.1. The third-order valence-corrected chi connectivity index (χ3v) is 5.49. The number of benzene rings is 2. The maximum atomic E-state index is 12.6. The summed E-state index contributed by atoms with van der Waals surface area (Å²) in [6.07, 6.45) is 5.78. The Balaban J connectivity index is 1.59. The number of rotatable bonds is 5. The molecule has 1 atom stereocenters. The first kappa shape index (κ1) is 19.7. The molecule has 2 aromatic heterocycles. The first-order valence-corrected chi connectivity index (χ1v) is 10.1. The van der Waals surface area contributed by atoms with E-state index in [1.807, 2.05) is 57.4 Å². The van der Waals surface area contributed by atoms with Crippen molar-refractivity contribution in [2.24, 2.45) is 7.05 Å². The molecule has 0 saturated carbocycles. The molecule has 0 aliphatic carbocycles. The minimum atomic E-state index is -0.212. The number of para-hydroxylation sites is 1. The Labute approximate surface area is 176 Å². The largest absolute Gasteiger partial charge is 0.350 e. The van der Waals surface area contributed by atoms with Gasteiger partial charge in [-0.3, -0.25) is 4.98 Å². The molecule has 2 heterocycles. The minimum Gasteiger partial charge on any atom is -0.350 e. The number of urea groups is 1. The van der Waals surface area contributed by atoms with Crippen LogP contribution >= 0.6 is 0 Å². The Morgan fingerprint density at radius 1 is 1.10 bits per heavy atom. The number of aryl methyl sites for hydroxylation is 3. The normalized spacial score (nSPS) is 12.0. The van der Waals surface area contributed by atoms with Gasteiger partial charge in [0.15, 0.2) is 0 Å². The van der Waals surface area contributed by atoms with Gasteiger partial charge in [0.05, 0.1) is 0 Å². The van der Waals surface area contributed by atoms with E-state index in [4.69, 9.17) is 0 Å². The van der Waals surface area contributed by atoms with E-state index in [1.54, 1.807) is 6.20 Å². The van der Waals surface area contributed by atoms with Crippen LogP contribution in [0.2, 0.25) is 0 Å². The highest BCUT2D eigenvalue weighted by Gasteiger charge is 2.20. The van der Waals surface area contributed by atoms with E-state index in [9.17, 15) is 4.79 Å². The van der Waals surface area contributed by atoms with E-state index < -0.39 is 0 Å². The van der Waals surface area contributed by atoms with Gasteiger partial charge in [0.1, 0.15) is 0 Å². The second-order valence-corrected chi connectivity index (χ2v) is 7.70. The van der Waals surface area contributed by atoms with Gasteiger partial charge in [-0.25, -0.2) is 4.79 Å². The molecule has 0 spiro atoms. The van der Waals surface area contributed by atoms with Crippen LogP contribution in [-0.4, -0.2) is 22.1 Å². The zero-order valence-corrected chi connectivity index (χ0v) is 17.5. The number of anilines is 1. The minimum absolute atomic E-state index is 0.00494. The lowest BCUT2D eigenvalue weighted by Gasteiger charge is -2.18. The highest BCUT2D eigenvalue weighted by molar-refractivity contribution is 5.90. The van der Waals surface area contributed by atoms with Gasteiger partial charge in [-0.2, -0.15) is 0 Å². The van der Waals surface area contributed by atoms with Gasteiger partial charge in [-0.15, -0.1) is 0 Å². The molecule has 2 amide bonds. The fourth-order valence-corrected chi connectivity index (χ4v) is 3.96. The third-order valence-electron chi connectivity index (χ3n) is 5.49. The van der Waals surface area contributed by atoms with Crippen LogP contribution < -0.4 is 10.6 Å². The van der Waals surface area contributed by atoms with Gasteiger partial charge in [0.25, 0.3) is 0 Å². The summed E-state index contributed by atoms with van der Waals surface area (Å²) in [5, 5.41) is 7.21. The quantitative estimate of drug-likeness (QED) is 0.489. The molecule has 4 aromatic rings. The molecule has 5 heteroatoms. The molecule has 0 aliphatic rings. The Bertz CT molecular complexity index is 1180. The van der Waals surface area contributed by atoms with Gasteiger partial charge >= 0.3 is 6.03 Å². The van der Waals surface area contributed by atoms with Crippen LogP contribution in [0.4, 0.5) is 10.5 Å². The zero-order chi connectivity index (χ0) is 21.1. The number of hydrogen-bond acceptors (Lipinski definition) is 2. The van der Waals surface area contributed by atoms with E-state index in [0.29, 0.717) is 6.54 Å². The molecule has 0 fully saturated rings. The number of hydrogen-bond donors (Lipinski definition) is 2. The Morgan fingerprint density at radius 3 is 2.70 bits per heavy atom. The number of fused-ring (bicyclic) bond motifs is 1. The van der Waals surface area contributed by atoms with Crippen LogP contribution in [0.15, 0.2) is 73.2 Å². The molecule has 0 radical (unpaired) electrons. The van der Waals surface area contributed by atoms with Crippen molar-refractivity contribution in [2.45, 2.75) is 19.8 Å². The predicted octanol–water partition coefficient (Wildman–Crippen LogP) is 5.14. The summed E-state index contributed by atoms with van der Waals surface area (Å²) in [5.41, 5.74) is 6.45. The maximum absolute atomic E-state index is 12.6. The smallest absolute Gasteiger partial charge is 0.319 e. The molecular formula is C25H26N4O. The van der Waals surface area contributed by atoms with Crippen molar-refractivity contribution in [1.29, 1.82) is 0 Å². The fraction of sp³-hybridized carbons (Fsp3) is 0.200. The standard InChI is InChI=1S/C25H26N4O/c1-17-10-11-23(18(2)13-17)28-25(30)27-15-21(19-7-6-12-26-14-19)22-16-29(3)24-9-5-4-8-20(22)24/h4-14,16,21H,15H2,1-3H3,(H2,27,28,30)/t21-/m0/s1. The number of nitrogens with zero attached hydrogens (tertiary/aromatic N) is 2. The van der Waals surface area contributed by atoms with Crippen LogP contribution in [0.25, 0.3) is 10.9 Å². The van der Waals surface area contributed by atoms with Crippen molar-refractivity contribution in [3.63, 3.8) is 0 Å². The number of amides is 2. The van der Waals surface area contributed by atoms with Crippen molar-refractivity contribution in [3.8, 4) is 0 Å². The second-order valence-electron chi connectivity index (χ2n) is 7.70. The molecule has 2 N–H and O–H groups in total. The molecule has 0 aliphatic heterocycles. The van der Waals surface area contributed by atoms with E-state index in [-0.39, 0.29) is 11.9 Å². The van der Waals surface area contributed by atoms with E-state index in [2.05, 4.69) is 50.6 Å². The van der Waals surface area contributed by atoms with E-state index >= 15 is 0 Å². The van der Waals surface area contributed by atoms with Gasteiger partial charge in [-0.1, -0.05) is 42.0 Å². The van der Waals surface area contributed by atoms with Crippen molar-refractivity contribution >= 4 is 22.6 Å². The van der Waals surface area contributed by atoms with Gasteiger partial charge < -0.3 is 15.2 Å². The van der Waals surface area contributed by atoms with Crippen molar-refractivity contribution in [3.05, 3.63) is 95.4 Å². The Hall–Kier alpha value is -3.60. The molecule has 152 valence electrons. The number of aromatic nitrogens is 2. The number of nitrogens with one attached hydrogen (secondary N) is 2. The first-order valence-electron chi connectivity index (χ1n) is 10.1. The summed E-state index contributed by atoms with van der Waals surface area (Å²) < 4.78 is 2.13. The fourth-order valence-electron chi connectivity index (χ4n) is 3.96. The molecular weight excluding hydrogens is 372 g/mol. The van der Waals surface area contributed by atoms with Gasteiger partial charge in [-0.05, 0) is 48.7 Å². The molecule has 2 aromatic carbocycles. The van der Waals surface area contributed by atoms with Crippen molar-refractivity contribution in [1.82, 2.24) is 14.9 Å². The average Bonchev–Trinajstić information content (AvgIpc) is 3.08.